The van der Waals surface area contributed by atoms with Gasteiger partial charge in [0.25, 0.3) is 0 Å². The van der Waals surface area contributed by atoms with Crippen LogP contribution in [0.4, 0.5) is 0 Å². The minimum atomic E-state index is -3.63. The van der Waals surface area contributed by atoms with Crippen LogP contribution in [0, 0.1) is 6.92 Å². The van der Waals surface area contributed by atoms with Crippen molar-refractivity contribution >= 4 is 21.8 Å². The van der Waals surface area contributed by atoms with Crippen LogP contribution < -0.4 is 0 Å². The van der Waals surface area contributed by atoms with E-state index in [1.165, 1.54) is 11.4 Å². The van der Waals surface area contributed by atoms with Gasteiger partial charge in [-0.2, -0.15) is 9.29 Å². The zero-order chi connectivity index (χ0) is 18.7. The largest absolute Gasteiger partial charge is 0.338 e. The Hall–Kier alpha value is -2.16. The fourth-order valence-electron chi connectivity index (χ4n) is 2.42. The fraction of sp³-hybridized carbons (Fsp3) is 0.222. The highest BCUT2D eigenvalue weighted by molar-refractivity contribution is 7.98. The number of rotatable bonds is 6. The van der Waals surface area contributed by atoms with Gasteiger partial charge in [0, 0.05) is 17.5 Å². The van der Waals surface area contributed by atoms with Crippen LogP contribution in [-0.2, 0) is 16.6 Å². The number of aryl methyl sites for hydroxylation is 1. The summed E-state index contributed by atoms with van der Waals surface area (Å²) >= 11 is 1.56. The number of thioether (sulfide) groups is 1. The Bertz CT molecular complexity index is 999. The zero-order valence-corrected chi connectivity index (χ0v) is 16.3. The summed E-state index contributed by atoms with van der Waals surface area (Å²) in [6.07, 6.45) is 1.94. The van der Waals surface area contributed by atoms with E-state index in [1.807, 2.05) is 37.4 Å². The molecular weight excluding hydrogens is 370 g/mol. The summed E-state index contributed by atoms with van der Waals surface area (Å²) in [5.74, 6) is 0.687. The standard InChI is InChI=1S/C18H19N3O3S2/c1-13-5-4-6-14(11-13)18-19-17(24-20-18)12-21(2)26(22,23)16-9-7-15(25-3)8-10-16/h4-11H,12H2,1-3H3. The van der Waals surface area contributed by atoms with Gasteiger partial charge in [0.1, 0.15) is 0 Å². The monoisotopic (exact) mass is 389 g/mol. The molecule has 2 aromatic carbocycles. The van der Waals surface area contributed by atoms with Crippen LogP contribution in [0.1, 0.15) is 11.5 Å². The predicted molar refractivity (Wildman–Crippen MR) is 101 cm³/mol. The number of hydrogen-bond donors (Lipinski definition) is 0. The quantitative estimate of drug-likeness (QED) is 0.600. The van der Waals surface area contributed by atoms with E-state index < -0.39 is 10.0 Å². The Morgan fingerprint density at radius 3 is 2.54 bits per heavy atom. The van der Waals surface area contributed by atoms with E-state index in [-0.39, 0.29) is 17.3 Å². The molecule has 6 nitrogen and oxygen atoms in total. The maximum Gasteiger partial charge on any atom is 0.243 e. The summed E-state index contributed by atoms with van der Waals surface area (Å²) in [6.45, 7) is 1.98. The van der Waals surface area contributed by atoms with Crippen LogP contribution in [0.25, 0.3) is 11.4 Å². The van der Waals surface area contributed by atoms with Gasteiger partial charge in [0.2, 0.25) is 21.7 Å². The normalized spacial score (nSPS) is 11.8. The molecule has 0 bridgehead atoms. The molecule has 0 radical (unpaired) electrons. The summed E-state index contributed by atoms with van der Waals surface area (Å²) in [5.41, 5.74) is 1.92. The van der Waals surface area contributed by atoms with Crippen LogP contribution in [-0.4, -0.2) is 36.2 Å². The van der Waals surface area contributed by atoms with Crippen molar-refractivity contribution in [1.82, 2.24) is 14.4 Å². The number of nitrogens with zero attached hydrogens (tertiary/aromatic N) is 3. The molecule has 3 aromatic rings. The molecule has 0 aliphatic rings. The van der Waals surface area contributed by atoms with Gasteiger partial charge in [-0.1, -0.05) is 28.9 Å². The first-order chi connectivity index (χ1) is 12.4. The van der Waals surface area contributed by atoms with Gasteiger partial charge in [-0.05, 0) is 43.5 Å². The average molecular weight is 390 g/mol. The van der Waals surface area contributed by atoms with Crippen molar-refractivity contribution in [2.75, 3.05) is 13.3 Å². The van der Waals surface area contributed by atoms with E-state index in [0.717, 1.165) is 16.0 Å². The molecule has 0 unspecified atom stereocenters. The Morgan fingerprint density at radius 1 is 1.15 bits per heavy atom. The van der Waals surface area contributed by atoms with Crippen molar-refractivity contribution in [1.29, 1.82) is 0 Å². The molecule has 26 heavy (non-hydrogen) atoms. The van der Waals surface area contributed by atoms with E-state index in [4.69, 9.17) is 4.52 Å². The van der Waals surface area contributed by atoms with Crippen LogP contribution in [0.15, 0.2) is 62.8 Å². The summed E-state index contributed by atoms with van der Waals surface area (Å²) in [6, 6.07) is 14.5. The van der Waals surface area contributed by atoms with Crippen molar-refractivity contribution < 1.29 is 12.9 Å². The molecule has 0 saturated carbocycles. The molecule has 0 fully saturated rings. The summed E-state index contributed by atoms with van der Waals surface area (Å²) in [4.78, 5) is 5.55. The fourth-order valence-corrected chi connectivity index (χ4v) is 3.95. The van der Waals surface area contributed by atoms with E-state index in [2.05, 4.69) is 10.1 Å². The van der Waals surface area contributed by atoms with Gasteiger partial charge in [0.15, 0.2) is 0 Å². The predicted octanol–water partition coefficient (Wildman–Crippen LogP) is 3.59. The van der Waals surface area contributed by atoms with Gasteiger partial charge in [-0.25, -0.2) is 8.42 Å². The van der Waals surface area contributed by atoms with Crippen LogP contribution in [0.5, 0.6) is 0 Å². The van der Waals surface area contributed by atoms with E-state index >= 15 is 0 Å². The molecule has 0 saturated heterocycles. The third-order valence-electron chi connectivity index (χ3n) is 3.87. The Morgan fingerprint density at radius 2 is 1.88 bits per heavy atom. The Labute approximate surface area is 157 Å². The number of aromatic nitrogens is 2. The maximum absolute atomic E-state index is 12.7. The van der Waals surface area contributed by atoms with Crippen molar-refractivity contribution in [3.63, 3.8) is 0 Å². The molecule has 0 amide bonds. The Balaban J connectivity index is 1.78. The first-order valence-corrected chi connectivity index (χ1v) is 10.6. The van der Waals surface area contributed by atoms with Gasteiger partial charge in [-0.3, -0.25) is 0 Å². The number of hydrogen-bond acceptors (Lipinski definition) is 6. The average Bonchev–Trinajstić information content (AvgIpc) is 3.10. The first-order valence-electron chi connectivity index (χ1n) is 7.90. The van der Waals surface area contributed by atoms with Crippen molar-refractivity contribution in [2.45, 2.75) is 23.3 Å². The second kappa shape index (κ2) is 7.61. The van der Waals surface area contributed by atoms with Crippen molar-refractivity contribution in [2.24, 2.45) is 0 Å². The highest BCUT2D eigenvalue weighted by Gasteiger charge is 2.23. The summed E-state index contributed by atoms with van der Waals surface area (Å²) < 4.78 is 31.8. The third-order valence-corrected chi connectivity index (χ3v) is 6.43. The summed E-state index contributed by atoms with van der Waals surface area (Å²) in [7, 11) is -2.13. The highest BCUT2D eigenvalue weighted by atomic mass is 32.2. The van der Waals surface area contributed by atoms with Crippen LogP contribution >= 0.6 is 11.8 Å². The molecule has 3 rings (SSSR count). The minimum Gasteiger partial charge on any atom is -0.338 e. The lowest BCUT2D eigenvalue weighted by Gasteiger charge is -2.15. The van der Waals surface area contributed by atoms with Gasteiger partial charge in [0.05, 0.1) is 11.4 Å². The first kappa shape index (κ1) is 18.6. The maximum atomic E-state index is 12.7. The molecule has 8 heteroatoms. The Kier molecular flexibility index (Phi) is 5.45. The van der Waals surface area contributed by atoms with E-state index in [1.54, 1.807) is 36.0 Å². The van der Waals surface area contributed by atoms with Gasteiger partial charge >= 0.3 is 0 Å². The topological polar surface area (TPSA) is 76.3 Å². The van der Waals surface area contributed by atoms with Crippen molar-refractivity contribution in [3.05, 3.63) is 60.0 Å². The molecule has 0 aliphatic heterocycles. The second-order valence-electron chi connectivity index (χ2n) is 5.82. The molecule has 1 aromatic heterocycles. The highest BCUT2D eigenvalue weighted by Crippen LogP contribution is 2.22. The molecule has 136 valence electrons. The van der Waals surface area contributed by atoms with Crippen LogP contribution in [0.2, 0.25) is 0 Å². The smallest absolute Gasteiger partial charge is 0.243 e. The molecule has 0 atom stereocenters. The molecule has 1 heterocycles. The van der Waals surface area contributed by atoms with Gasteiger partial charge < -0.3 is 4.52 Å². The zero-order valence-electron chi connectivity index (χ0n) is 14.7. The molecular formula is C18H19N3O3S2. The van der Waals surface area contributed by atoms with Crippen LogP contribution in [0.3, 0.4) is 0 Å². The molecule has 0 aliphatic carbocycles. The molecule has 0 spiro atoms. The van der Waals surface area contributed by atoms with E-state index in [9.17, 15) is 8.42 Å². The minimum absolute atomic E-state index is 0.00539. The summed E-state index contributed by atoms with van der Waals surface area (Å²) in [5, 5.41) is 3.95. The second-order valence-corrected chi connectivity index (χ2v) is 8.74. The molecule has 0 N–H and O–H groups in total. The lowest BCUT2D eigenvalue weighted by atomic mass is 10.1. The SMILES string of the molecule is CSc1ccc(S(=O)(=O)N(C)Cc2nc(-c3cccc(C)c3)no2)cc1. The van der Waals surface area contributed by atoms with Crippen molar-refractivity contribution in [3.8, 4) is 11.4 Å². The van der Waals surface area contributed by atoms with E-state index in [0.29, 0.717) is 5.82 Å². The van der Waals surface area contributed by atoms with Gasteiger partial charge in [-0.15, -0.1) is 11.8 Å². The number of benzene rings is 2. The lowest BCUT2D eigenvalue weighted by Crippen LogP contribution is -2.26. The third kappa shape index (κ3) is 3.98. The number of sulfonamides is 1. The lowest BCUT2D eigenvalue weighted by molar-refractivity contribution is 0.337.